The lowest BCUT2D eigenvalue weighted by Crippen LogP contribution is -1.99. The first-order chi connectivity index (χ1) is 6.92. The molecule has 1 N–H and O–H groups in total. The van der Waals surface area contributed by atoms with Crippen LogP contribution in [-0.2, 0) is 0 Å². The number of anilines is 1. The van der Waals surface area contributed by atoms with Gasteiger partial charge in [-0.2, -0.15) is 0 Å². The first-order valence-corrected chi connectivity index (χ1v) is 5.13. The molecule has 0 radical (unpaired) electrons. The molecular weight excluding hydrogens is 206 g/mol. The summed E-state index contributed by atoms with van der Waals surface area (Å²) in [5.41, 5.74) is 1.24. The maximum atomic E-state index is 3.44. The second-order valence-corrected chi connectivity index (χ2v) is 3.45. The fraction of sp³-hybridized carbons (Fsp3) is 0.231. The zero-order valence-corrected chi connectivity index (χ0v) is 9.68. The largest absolute Gasteiger partial charge is 0.385 e. The summed E-state index contributed by atoms with van der Waals surface area (Å²) in [5.74, 6) is 0. The number of benzene rings is 2. The van der Waals surface area contributed by atoms with Crippen LogP contribution >= 0.6 is 12.4 Å². The molecule has 80 valence electrons. The van der Waals surface area contributed by atoms with E-state index in [0.29, 0.717) is 0 Å². The molecule has 0 aliphatic rings. The first kappa shape index (κ1) is 11.9. The third-order valence-electron chi connectivity index (χ3n) is 2.36. The molecule has 0 aliphatic carbocycles. The summed E-state index contributed by atoms with van der Waals surface area (Å²) < 4.78 is 0. The zero-order chi connectivity index (χ0) is 9.80. The van der Waals surface area contributed by atoms with Gasteiger partial charge in [-0.15, -0.1) is 12.4 Å². The Labute approximate surface area is 96.9 Å². The van der Waals surface area contributed by atoms with E-state index in [1.165, 1.54) is 16.5 Å². The van der Waals surface area contributed by atoms with Gasteiger partial charge in [-0.25, -0.2) is 0 Å². The fourth-order valence-electron chi connectivity index (χ4n) is 1.64. The molecule has 15 heavy (non-hydrogen) atoms. The van der Waals surface area contributed by atoms with Gasteiger partial charge in [0.2, 0.25) is 0 Å². The lowest BCUT2D eigenvalue weighted by atomic mass is 10.1. The fourth-order valence-corrected chi connectivity index (χ4v) is 1.64. The average Bonchev–Trinajstić information content (AvgIpc) is 2.26. The molecule has 0 spiro atoms. The highest BCUT2D eigenvalue weighted by molar-refractivity contribution is 5.93. The van der Waals surface area contributed by atoms with Crippen molar-refractivity contribution >= 4 is 28.9 Å². The molecule has 2 rings (SSSR count). The minimum absolute atomic E-state index is 0. The summed E-state index contributed by atoms with van der Waals surface area (Å²) in [4.78, 5) is 0. The molecular formula is C13H16ClN. The molecule has 2 aromatic rings. The SMILES string of the molecule is CCCNc1cccc2ccccc12.Cl. The van der Waals surface area contributed by atoms with Gasteiger partial charge in [-0.1, -0.05) is 43.3 Å². The monoisotopic (exact) mass is 221 g/mol. The van der Waals surface area contributed by atoms with Crippen molar-refractivity contribution in [3.63, 3.8) is 0 Å². The van der Waals surface area contributed by atoms with Crippen LogP contribution in [0.2, 0.25) is 0 Å². The molecule has 2 aromatic carbocycles. The number of nitrogens with one attached hydrogen (secondary N) is 1. The van der Waals surface area contributed by atoms with Crippen LogP contribution in [0.4, 0.5) is 5.69 Å². The molecule has 2 heteroatoms. The van der Waals surface area contributed by atoms with E-state index >= 15 is 0 Å². The molecule has 0 saturated carbocycles. The summed E-state index contributed by atoms with van der Waals surface area (Å²) in [6.07, 6.45) is 1.16. The van der Waals surface area contributed by atoms with Crippen molar-refractivity contribution in [2.24, 2.45) is 0 Å². The van der Waals surface area contributed by atoms with Gasteiger partial charge in [0, 0.05) is 17.6 Å². The summed E-state index contributed by atoms with van der Waals surface area (Å²) in [7, 11) is 0. The minimum Gasteiger partial charge on any atom is -0.385 e. The molecule has 0 saturated heterocycles. The van der Waals surface area contributed by atoms with Gasteiger partial charge in [-0.05, 0) is 17.9 Å². The van der Waals surface area contributed by atoms with Gasteiger partial charge in [0.05, 0.1) is 0 Å². The van der Waals surface area contributed by atoms with Crippen molar-refractivity contribution in [1.82, 2.24) is 0 Å². The number of halogens is 1. The van der Waals surface area contributed by atoms with E-state index in [1.54, 1.807) is 0 Å². The van der Waals surface area contributed by atoms with Crippen molar-refractivity contribution in [3.8, 4) is 0 Å². The summed E-state index contributed by atoms with van der Waals surface area (Å²) in [6, 6.07) is 14.8. The topological polar surface area (TPSA) is 12.0 Å². The minimum atomic E-state index is 0. The second kappa shape index (κ2) is 5.62. The third kappa shape index (κ3) is 2.63. The van der Waals surface area contributed by atoms with Crippen LogP contribution in [-0.4, -0.2) is 6.54 Å². The van der Waals surface area contributed by atoms with E-state index in [2.05, 4.69) is 54.7 Å². The van der Waals surface area contributed by atoms with Crippen LogP contribution < -0.4 is 5.32 Å². The molecule has 0 unspecified atom stereocenters. The molecule has 1 nitrogen and oxygen atoms in total. The Balaban J connectivity index is 0.00000112. The highest BCUT2D eigenvalue weighted by Gasteiger charge is 1.97. The predicted molar refractivity (Wildman–Crippen MR) is 70.0 cm³/mol. The molecule has 0 amide bonds. The Morgan fingerprint density at radius 2 is 1.73 bits per heavy atom. The highest BCUT2D eigenvalue weighted by Crippen LogP contribution is 2.22. The van der Waals surface area contributed by atoms with Crippen molar-refractivity contribution < 1.29 is 0 Å². The average molecular weight is 222 g/mol. The van der Waals surface area contributed by atoms with Gasteiger partial charge >= 0.3 is 0 Å². The van der Waals surface area contributed by atoms with E-state index in [-0.39, 0.29) is 12.4 Å². The van der Waals surface area contributed by atoms with Crippen molar-refractivity contribution in [2.75, 3.05) is 11.9 Å². The quantitative estimate of drug-likeness (QED) is 0.824. The van der Waals surface area contributed by atoms with E-state index in [1.807, 2.05) is 0 Å². The number of rotatable bonds is 3. The van der Waals surface area contributed by atoms with Gasteiger partial charge in [0.25, 0.3) is 0 Å². The van der Waals surface area contributed by atoms with Crippen LogP contribution in [0.5, 0.6) is 0 Å². The molecule has 0 heterocycles. The van der Waals surface area contributed by atoms with Crippen LogP contribution in [0.25, 0.3) is 10.8 Å². The van der Waals surface area contributed by atoms with Crippen LogP contribution in [0.3, 0.4) is 0 Å². The van der Waals surface area contributed by atoms with E-state index in [9.17, 15) is 0 Å². The zero-order valence-electron chi connectivity index (χ0n) is 8.86. The van der Waals surface area contributed by atoms with Crippen molar-refractivity contribution in [2.45, 2.75) is 13.3 Å². The number of hydrogen-bond donors (Lipinski definition) is 1. The van der Waals surface area contributed by atoms with Gasteiger partial charge in [0.15, 0.2) is 0 Å². The molecule has 0 aliphatic heterocycles. The smallest absolute Gasteiger partial charge is 0.0419 e. The Kier molecular flexibility index (Phi) is 4.44. The van der Waals surface area contributed by atoms with E-state index < -0.39 is 0 Å². The Bertz CT molecular complexity index is 420. The standard InChI is InChI=1S/C13H15N.ClH/c1-2-10-14-13-9-5-7-11-6-3-4-8-12(11)13;/h3-9,14H,2,10H2,1H3;1H. The van der Waals surface area contributed by atoms with Crippen LogP contribution in [0.1, 0.15) is 13.3 Å². The maximum Gasteiger partial charge on any atom is 0.0419 e. The van der Waals surface area contributed by atoms with Gasteiger partial charge < -0.3 is 5.32 Å². The highest BCUT2D eigenvalue weighted by atomic mass is 35.5. The molecule has 0 atom stereocenters. The Morgan fingerprint density at radius 3 is 2.53 bits per heavy atom. The van der Waals surface area contributed by atoms with E-state index in [4.69, 9.17) is 0 Å². The van der Waals surface area contributed by atoms with Crippen LogP contribution in [0, 0.1) is 0 Å². The van der Waals surface area contributed by atoms with Crippen LogP contribution in [0.15, 0.2) is 42.5 Å². The first-order valence-electron chi connectivity index (χ1n) is 5.13. The normalized spacial score (nSPS) is 9.67. The van der Waals surface area contributed by atoms with Gasteiger partial charge in [0.1, 0.15) is 0 Å². The summed E-state index contributed by atoms with van der Waals surface area (Å²) >= 11 is 0. The number of hydrogen-bond acceptors (Lipinski definition) is 1. The Morgan fingerprint density at radius 1 is 1.00 bits per heavy atom. The van der Waals surface area contributed by atoms with E-state index in [0.717, 1.165) is 13.0 Å². The molecule has 0 aromatic heterocycles. The lowest BCUT2D eigenvalue weighted by Gasteiger charge is -2.08. The maximum absolute atomic E-state index is 3.44. The third-order valence-corrected chi connectivity index (χ3v) is 2.36. The number of fused-ring (bicyclic) bond motifs is 1. The van der Waals surface area contributed by atoms with Crippen molar-refractivity contribution in [3.05, 3.63) is 42.5 Å². The summed E-state index contributed by atoms with van der Waals surface area (Å²) in [6.45, 7) is 3.21. The lowest BCUT2D eigenvalue weighted by molar-refractivity contribution is 0.981. The Hall–Kier alpha value is -1.21. The predicted octanol–water partition coefficient (Wildman–Crippen LogP) is 4.08. The summed E-state index contributed by atoms with van der Waals surface area (Å²) in [5, 5.41) is 6.05. The van der Waals surface area contributed by atoms with Crippen molar-refractivity contribution in [1.29, 1.82) is 0 Å². The van der Waals surface area contributed by atoms with Gasteiger partial charge in [-0.3, -0.25) is 0 Å². The molecule has 0 bridgehead atoms. The second-order valence-electron chi connectivity index (χ2n) is 3.45. The molecule has 0 fully saturated rings.